The lowest BCUT2D eigenvalue weighted by atomic mass is 10.1. The van der Waals surface area contributed by atoms with E-state index >= 15 is 0 Å². The quantitative estimate of drug-likeness (QED) is 0.686. The van der Waals surface area contributed by atoms with Crippen LogP contribution in [0.3, 0.4) is 0 Å². The van der Waals surface area contributed by atoms with Crippen molar-refractivity contribution in [1.29, 1.82) is 5.26 Å². The predicted octanol–water partition coefficient (Wildman–Crippen LogP) is 2.91. The van der Waals surface area contributed by atoms with Crippen molar-refractivity contribution in [2.45, 2.75) is 39.5 Å². The average Bonchev–Trinajstić information content (AvgIpc) is 3.01. The van der Waals surface area contributed by atoms with E-state index in [1.807, 2.05) is 37.5 Å². The first-order valence-electron chi connectivity index (χ1n) is 8.40. The third-order valence-electron chi connectivity index (χ3n) is 3.84. The standard InChI is InChI=1S/C20H20N4O2/c1-20(2,3)26-19(25)23-9-10-24-17(13-22-18(24)14-23)8-7-15-5-4-6-16(11-15)12-21/h4-6,11,13H,9-10,14H2,1-3H3. The molecule has 0 spiro atoms. The summed E-state index contributed by atoms with van der Waals surface area (Å²) in [5, 5.41) is 8.96. The molecule has 0 N–H and O–H groups in total. The van der Waals surface area contributed by atoms with Gasteiger partial charge in [-0.05, 0) is 44.9 Å². The largest absolute Gasteiger partial charge is 0.444 e. The lowest BCUT2D eigenvalue weighted by Gasteiger charge is -2.30. The molecule has 0 radical (unpaired) electrons. The van der Waals surface area contributed by atoms with Gasteiger partial charge in [0.1, 0.15) is 17.1 Å². The van der Waals surface area contributed by atoms with Gasteiger partial charge < -0.3 is 9.30 Å². The highest BCUT2D eigenvalue weighted by Gasteiger charge is 2.27. The van der Waals surface area contributed by atoms with Gasteiger partial charge in [-0.15, -0.1) is 0 Å². The third kappa shape index (κ3) is 4.04. The van der Waals surface area contributed by atoms with E-state index in [0.717, 1.165) is 17.1 Å². The predicted molar refractivity (Wildman–Crippen MR) is 96.0 cm³/mol. The highest BCUT2D eigenvalue weighted by molar-refractivity contribution is 5.68. The van der Waals surface area contributed by atoms with Gasteiger partial charge in [-0.3, -0.25) is 4.90 Å². The number of carbonyl (C=O) groups is 1. The van der Waals surface area contributed by atoms with Crippen molar-refractivity contribution in [3.63, 3.8) is 0 Å². The van der Waals surface area contributed by atoms with Crippen LogP contribution in [0.25, 0.3) is 0 Å². The van der Waals surface area contributed by atoms with E-state index in [1.54, 1.807) is 23.2 Å². The zero-order valence-electron chi connectivity index (χ0n) is 15.1. The number of aromatic nitrogens is 2. The van der Waals surface area contributed by atoms with Crippen LogP contribution >= 0.6 is 0 Å². The second-order valence-electron chi connectivity index (χ2n) is 7.06. The first-order valence-corrected chi connectivity index (χ1v) is 8.40. The van der Waals surface area contributed by atoms with E-state index in [-0.39, 0.29) is 6.09 Å². The molecule has 132 valence electrons. The molecule has 1 aromatic carbocycles. The van der Waals surface area contributed by atoms with Crippen molar-refractivity contribution in [1.82, 2.24) is 14.5 Å². The number of nitrogens with zero attached hydrogens (tertiary/aromatic N) is 4. The molecule has 0 saturated heterocycles. The van der Waals surface area contributed by atoms with Gasteiger partial charge in [-0.2, -0.15) is 5.26 Å². The Morgan fingerprint density at radius 2 is 2.00 bits per heavy atom. The zero-order chi connectivity index (χ0) is 18.7. The van der Waals surface area contributed by atoms with Crippen LogP contribution in [0.1, 0.15) is 43.4 Å². The summed E-state index contributed by atoms with van der Waals surface area (Å²) in [5.74, 6) is 6.97. The zero-order valence-corrected chi connectivity index (χ0v) is 15.1. The fourth-order valence-electron chi connectivity index (χ4n) is 2.65. The smallest absolute Gasteiger partial charge is 0.410 e. The van der Waals surface area contributed by atoms with Crippen LogP contribution in [-0.2, 0) is 17.8 Å². The van der Waals surface area contributed by atoms with Gasteiger partial charge in [-0.1, -0.05) is 12.0 Å². The third-order valence-corrected chi connectivity index (χ3v) is 3.84. The second-order valence-corrected chi connectivity index (χ2v) is 7.06. The van der Waals surface area contributed by atoms with Crippen molar-refractivity contribution in [3.8, 4) is 17.9 Å². The molecule has 0 unspecified atom stereocenters. The molecule has 1 aliphatic heterocycles. The average molecular weight is 348 g/mol. The van der Waals surface area contributed by atoms with Crippen LogP contribution < -0.4 is 0 Å². The highest BCUT2D eigenvalue weighted by Crippen LogP contribution is 2.17. The molecule has 0 aliphatic carbocycles. The maximum atomic E-state index is 12.2. The number of rotatable bonds is 0. The number of imidazole rings is 1. The van der Waals surface area contributed by atoms with E-state index in [4.69, 9.17) is 10.00 Å². The molecule has 6 heteroatoms. The number of hydrogen-bond donors (Lipinski definition) is 0. The van der Waals surface area contributed by atoms with Gasteiger partial charge in [0.2, 0.25) is 0 Å². The molecule has 0 bridgehead atoms. The van der Waals surface area contributed by atoms with Crippen LogP contribution in [0.4, 0.5) is 4.79 Å². The summed E-state index contributed by atoms with van der Waals surface area (Å²) in [7, 11) is 0. The van der Waals surface area contributed by atoms with Crippen molar-refractivity contribution in [3.05, 3.63) is 53.1 Å². The molecule has 1 aromatic heterocycles. The summed E-state index contributed by atoms with van der Waals surface area (Å²) in [5.41, 5.74) is 1.65. The molecule has 0 atom stereocenters. The van der Waals surface area contributed by atoms with E-state index < -0.39 is 5.60 Å². The van der Waals surface area contributed by atoms with Crippen molar-refractivity contribution in [2.75, 3.05) is 6.54 Å². The molecule has 1 amide bonds. The first-order chi connectivity index (χ1) is 12.4. The van der Waals surface area contributed by atoms with Gasteiger partial charge >= 0.3 is 6.09 Å². The van der Waals surface area contributed by atoms with Gasteiger partial charge in [0, 0.05) is 18.7 Å². The number of benzene rings is 1. The molecule has 0 saturated carbocycles. The van der Waals surface area contributed by atoms with Crippen LogP contribution in [0.5, 0.6) is 0 Å². The van der Waals surface area contributed by atoms with Gasteiger partial charge in [0.25, 0.3) is 0 Å². The van der Waals surface area contributed by atoms with Crippen LogP contribution in [-0.4, -0.2) is 32.7 Å². The number of carbonyl (C=O) groups excluding carboxylic acids is 1. The Hall–Kier alpha value is -3.25. The fourth-order valence-corrected chi connectivity index (χ4v) is 2.65. The number of hydrogen-bond acceptors (Lipinski definition) is 4. The maximum Gasteiger partial charge on any atom is 0.410 e. The van der Waals surface area contributed by atoms with E-state index in [9.17, 15) is 4.79 Å². The lowest BCUT2D eigenvalue weighted by Crippen LogP contribution is -2.41. The number of nitriles is 1. The fraction of sp³-hybridized carbons (Fsp3) is 0.350. The highest BCUT2D eigenvalue weighted by atomic mass is 16.6. The van der Waals surface area contributed by atoms with Crippen LogP contribution in [0.15, 0.2) is 30.5 Å². The van der Waals surface area contributed by atoms with Crippen molar-refractivity contribution < 1.29 is 9.53 Å². The van der Waals surface area contributed by atoms with Gasteiger partial charge in [0.15, 0.2) is 0 Å². The van der Waals surface area contributed by atoms with Crippen molar-refractivity contribution >= 4 is 6.09 Å². The van der Waals surface area contributed by atoms with Gasteiger partial charge in [-0.25, -0.2) is 9.78 Å². The lowest BCUT2D eigenvalue weighted by molar-refractivity contribution is 0.0195. The van der Waals surface area contributed by atoms with Crippen LogP contribution in [0, 0.1) is 23.2 Å². The van der Waals surface area contributed by atoms with E-state index in [0.29, 0.717) is 25.2 Å². The summed E-state index contributed by atoms with van der Waals surface area (Å²) in [6.45, 7) is 7.13. The first kappa shape index (κ1) is 17.6. The van der Waals surface area contributed by atoms with Crippen molar-refractivity contribution in [2.24, 2.45) is 0 Å². The molecule has 3 rings (SSSR count). The van der Waals surface area contributed by atoms with Gasteiger partial charge in [0.05, 0.1) is 24.4 Å². The molecular formula is C20H20N4O2. The molecule has 0 fully saturated rings. The molecule has 6 nitrogen and oxygen atoms in total. The minimum absolute atomic E-state index is 0.326. The second kappa shape index (κ2) is 6.93. The Balaban J connectivity index is 1.75. The topological polar surface area (TPSA) is 71.2 Å². The monoisotopic (exact) mass is 348 g/mol. The van der Waals surface area contributed by atoms with Crippen LogP contribution in [0.2, 0.25) is 0 Å². The Kier molecular flexibility index (Phi) is 4.69. The summed E-state index contributed by atoms with van der Waals surface area (Å²) < 4.78 is 7.44. The number of ether oxygens (including phenoxy) is 1. The minimum Gasteiger partial charge on any atom is -0.444 e. The van der Waals surface area contributed by atoms with E-state index in [2.05, 4.69) is 22.9 Å². The normalized spacial score (nSPS) is 13.2. The molecular weight excluding hydrogens is 328 g/mol. The number of fused-ring (bicyclic) bond motifs is 1. The summed E-state index contributed by atoms with van der Waals surface area (Å²) in [6.07, 6.45) is 1.39. The minimum atomic E-state index is -0.515. The maximum absolute atomic E-state index is 12.2. The summed E-state index contributed by atoms with van der Waals surface area (Å²) in [4.78, 5) is 18.3. The molecule has 2 aromatic rings. The summed E-state index contributed by atoms with van der Waals surface area (Å²) >= 11 is 0. The molecule has 2 heterocycles. The SMILES string of the molecule is CC(C)(C)OC(=O)N1CCn2c(C#Cc3cccc(C#N)c3)cnc2C1. The molecule has 26 heavy (non-hydrogen) atoms. The Labute approximate surface area is 153 Å². The Morgan fingerprint density at radius 3 is 2.73 bits per heavy atom. The molecule has 1 aliphatic rings. The Bertz CT molecular complexity index is 935. The summed E-state index contributed by atoms with van der Waals surface area (Å²) in [6, 6.07) is 9.29. The Morgan fingerprint density at radius 1 is 1.23 bits per heavy atom. The number of amides is 1. The van der Waals surface area contributed by atoms with E-state index in [1.165, 1.54) is 0 Å².